The smallest absolute Gasteiger partial charge is 0.173 e. The lowest BCUT2D eigenvalue weighted by Crippen LogP contribution is -2.50. The van der Waals surface area contributed by atoms with Crippen molar-refractivity contribution in [2.24, 2.45) is 0 Å². The van der Waals surface area contributed by atoms with Gasteiger partial charge >= 0.3 is 0 Å². The monoisotopic (exact) mass is 456 g/mol. The SMILES string of the molecule is S=C(Nc1ccc2sc3nc4ccccc4nc3c2c1)N1CCN(c2ccccn2)CC1. The Hall–Kier alpha value is -3.36. The zero-order chi connectivity index (χ0) is 21.5. The topological polar surface area (TPSA) is 57.2 Å². The minimum atomic E-state index is 0.751. The van der Waals surface area contributed by atoms with Gasteiger partial charge in [-0.3, -0.25) is 0 Å². The highest BCUT2D eigenvalue weighted by molar-refractivity contribution is 7.80. The van der Waals surface area contributed by atoms with Gasteiger partial charge in [0.2, 0.25) is 0 Å². The summed E-state index contributed by atoms with van der Waals surface area (Å²) >= 11 is 7.40. The van der Waals surface area contributed by atoms with Crippen LogP contribution in [0.2, 0.25) is 0 Å². The van der Waals surface area contributed by atoms with Crippen LogP contribution in [-0.2, 0) is 0 Å². The number of fused-ring (bicyclic) bond motifs is 4. The summed E-state index contributed by atoms with van der Waals surface area (Å²) in [6.07, 6.45) is 1.84. The lowest BCUT2D eigenvalue weighted by atomic mass is 10.2. The third-order valence-corrected chi connectivity index (χ3v) is 7.19. The summed E-state index contributed by atoms with van der Waals surface area (Å²) < 4.78 is 1.18. The molecule has 1 saturated heterocycles. The van der Waals surface area contributed by atoms with Crippen LogP contribution in [0.5, 0.6) is 0 Å². The first-order valence-corrected chi connectivity index (χ1v) is 11.8. The van der Waals surface area contributed by atoms with Crippen LogP contribution in [0.3, 0.4) is 0 Å². The predicted molar refractivity (Wildman–Crippen MR) is 137 cm³/mol. The van der Waals surface area contributed by atoms with Gasteiger partial charge in [0.1, 0.15) is 16.2 Å². The minimum Gasteiger partial charge on any atom is -0.353 e. The summed E-state index contributed by atoms with van der Waals surface area (Å²) in [5.74, 6) is 1.02. The maximum atomic E-state index is 5.73. The fraction of sp³-hybridized carbons (Fsp3) is 0.167. The number of piperazine rings is 1. The summed E-state index contributed by atoms with van der Waals surface area (Å²) in [5.41, 5.74) is 3.77. The van der Waals surface area contributed by atoms with Crippen molar-refractivity contribution in [3.8, 4) is 0 Å². The van der Waals surface area contributed by atoms with Crippen LogP contribution in [-0.4, -0.2) is 51.1 Å². The molecule has 158 valence electrons. The molecule has 0 bridgehead atoms. The summed E-state index contributed by atoms with van der Waals surface area (Å²) in [4.78, 5) is 19.6. The molecule has 0 spiro atoms. The predicted octanol–water partition coefficient (Wildman–Crippen LogP) is 4.91. The molecule has 0 radical (unpaired) electrons. The number of nitrogens with zero attached hydrogens (tertiary/aromatic N) is 5. The highest BCUT2D eigenvalue weighted by Crippen LogP contribution is 2.34. The Morgan fingerprint density at radius 1 is 0.906 bits per heavy atom. The van der Waals surface area contributed by atoms with Gasteiger partial charge in [-0.15, -0.1) is 11.3 Å². The summed E-state index contributed by atoms with van der Waals surface area (Å²) in [6.45, 7) is 3.53. The van der Waals surface area contributed by atoms with Crippen molar-refractivity contribution in [2.75, 3.05) is 36.4 Å². The van der Waals surface area contributed by atoms with E-state index < -0.39 is 0 Å². The average Bonchev–Trinajstić information content (AvgIpc) is 3.20. The Bertz CT molecular complexity index is 1440. The van der Waals surface area contributed by atoms with E-state index in [1.54, 1.807) is 11.3 Å². The Balaban J connectivity index is 1.21. The molecule has 1 N–H and O–H groups in total. The molecule has 6 nitrogen and oxygen atoms in total. The maximum Gasteiger partial charge on any atom is 0.173 e. The fourth-order valence-corrected chi connectivity index (χ4v) is 5.41. The first-order chi connectivity index (χ1) is 15.7. The average molecular weight is 457 g/mol. The third kappa shape index (κ3) is 3.51. The van der Waals surface area contributed by atoms with Gasteiger partial charge in [-0.2, -0.15) is 0 Å². The lowest BCUT2D eigenvalue weighted by molar-refractivity contribution is 0.389. The zero-order valence-corrected chi connectivity index (χ0v) is 18.9. The molecule has 5 aromatic rings. The largest absolute Gasteiger partial charge is 0.353 e. The molecule has 8 heteroatoms. The van der Waals surface area contributed by atoms with E-state index in [4.69, 9.17) is 22.2 Å². The van der Waals surface area contributed by atoms with E-state index >= 15 is 0 Å². The number of nitrogens with one attached hydrogen (secondary N) is 1. The molecule has 2 aromatic carbocycles. The number of pyridine rings is 1. The third-order valence-electron chi connectivity index (χ3n) is 5.77. The van der Waals surface area contributed by atoms with Gasteiger partial charge in [0.05, 0.1) is 11.0 Å². The fourth-order valence-electron chi connectivity index (χ4n) is 4.10. The van der Waals surface area contributed by atoms with Crippen LogP contribution in [0.4, 0.5) is 11.5 Å². The Kier molecular flexibility index (Phi) is 4.81. The normalized spacial score (nSPS) is 14.4. The van der Waals surface area contributed by atoms with E-state index in [0.29, 0.717) is 0 Å². The molecule has 6 rings (SSSR count). The van der Waals surface area contributed by atoms with Crippen molar-refractivity contribution in [2.45, 2.75) is 0 Å². The molecule has 0 amide bonds. The summed E-state index contributed by atoms with van der Waals surface area (Å²) in [5, 5.41) is 5.29. The van der Waals surface area contributed by atoms with Crippen molar-refractivity contribution in [3.05, 3.63) is 66.9 Å². The molecule has 3 aromatic heterocycles. The number of anilines is 2. The second kappa shape index (κ2) is 7.96. The lowest BCUT2D eigenvalue weighted by Gasteiger charge is -2.36. The Morgan fingerprint density at radius 3 is 2.47 bits per heavy atom. The molecule has 1 fully saturated rings. The first kappa shape index (κ1) is 19.3. The van der Waals surface area contributed by atoms with Gasteiger partial charge in [-0.1, -0.05) is 18.2 Å². The highest BCUT2D eigenvalue weighted by Gasteiger charge is 2.20. The van der Waals surface area contributed by atoms with E-state index in [0.717, 1.165) is 69.6 Å². The van der Waals surface area contributed by atoms with E-state index in [2.05, 4.69) is 44.4 Å². The first-order valence-electron chi connectivity index (χ1n) is 10.6. The number of para-hydroxylation sites is 2. The van der Waals surface area contributed by atoms with Gasteiger partial charge in [0.15, 0.2) is 5.11 Å². The van der Waals surface area contributed by atoms with Crippen LogP contribution in [0, 0.1) is 0 Å². The standard InChI is InChI=1S/C24H20N6S2/c31-24(30-13-11-29(12-14-30)21-7-3-4-10-25-21)26-16-8-9-20-17(15-16)22-23(32-20)28-19-6-2-1-5-18(19)27-22/h1-10,15H,11-14H2,(H,26,31). The molecular weight excluding hydrogens is 436 g/mol. The molecule has 1 aliphatic heterocycles. The van der Waals surface area contributed by atoms with Crippen LogP contribution in [0.15, 0.2) is 66.9 Å². The van der Waals surface area contributed by atoms with Crippen molar-refractivity contribution >= 4 is 71.6 Å². The molecule has 0 aliphatic carbocycles. The van der Waals surface area contributed by atoms with E-state index in [9.17, 15) is 0 Å². The summed E-state index contributed by atoms with van der Waals surface area (Å²) in [6, 6.07) is 20.4. The molecule has 32 heavy (non-hydrogen) atoms. The second-order valence-corrected chi connectivity index (χ2v) is 9.19. The van der Waals surface area contributed by atoms with Crippen LogP contribution in [0.1, 0.15) is 0 Å². The Labute approximate surface area is 194 Å². The van der Waals surface area contributed by atoms with Gasteiger partial charge in [0, 0.05) is 48.1 Å². The van der Waals surface area contributed by atoms with Gasteiger partial charge in [0.25, 0.3) is 0 Å². The van der Waals surface area contributed by atoms with Crippen molar-refractivity contribution in [1.29, 1.82) is 0 Å². The number of rotatable bonds is 2. The van der Waals surface area contributed by atoms with Crippen molar-refractivity contribution in [1.82, 2.24) is 19.9 Å². The van der Waals surface area contributed by atoms with Crippen molar-refractivity contribution < 1.29 is 0 Å². The van der Waals surface area contributed by atoms with Gasteiger partial charge in [-0.25, -0.2) is 15.0 Å². The van der Waals surface area contributed by atoms with Crippen LogP contribution in [0.25, 0.3) is 31.5 Å². The molecular formula is C24H20N6S2. The number of benzene rings is 2. The van der Waals surface area contributed by atoms with Crippen LogP contribution < -0.4 is 10.2 Å². The highest BCUT2D eigenvalue weighted by atomic mass is 32.1. The van der Waals surface area contributed by atoms with E-state index in [1.165, 1.54) is 4.70 Å². The van der Waals surface area contributed by atoms with E-state index in [1.807, 2.05) is 42.6 Å². The number of thiophene rings is 1. The van der Waals surface area contributed by atoms with Crippen LogP contribution >= 0.6 is 23.6 Å². The molecule has 0 atom stereocenters. The van der Waals surface area contributed by atoms with Gasteiger partial charge in [-0.05, 0) is 54.7 Å². The quantitative estimate of drug-likeness (QED) is 0.379. The molecule has 1 aliphatic rings. The van der Waals surface area contributed by atoms with Gasteiger partial charge < -0.3 is 15.1 Å². The summed E-state index contributed by atoms with van der Waals surface area (Å²) in [7, 11) is 0. The van der Waals surface area contributed by atoms with E-state index in [-0.39, 0.29) is 0 Å². The molecule has 0 unspecified atom stereocenters. The number of thiocarbonyl (C=S) groups is 1. The molecule has 0 saturated carbocycles. The number of hydrogen-bond donors (Lipinski definition) is 1. The molecule has 4 heterocycles. The van der Waals surface area contributed by atoms with Crippen molar-refractivity contribution in [3.63, 3.8) is 0 Å². The second-order valence-electron chi connectivity index (χ2n) is 7.77. The number of hydrogen-bond acceptors (Lipinski definition) is 6. The zero-order valence-electron chi connectivity index (χ0n) is 17.2. The maximum absolute atomic E-state index is 5.73. The minimum absolute atomic E-state index is 0.751. The number of aromatic nitrogens is 3. The Morgan fingerprint density at radius 2 is 1.69 bits per heavy atom.